The lowest BCUT2D eigenvalue weighted by atomic mass is 9.88. The van der Waals surface area contributed by atoms with Gasteiger partial charge in [-0.25, -0.2) is 4.79 Å². The summed E-state index contributed by atoms with van der Waals surface area (Å²) in [5.41, 5.74) is -1.61. The van der Waals surface area contributed by atoms with Gasteiger partial charge in [0, 0.05) is 51.3 Å². The lowest BCUT2D eigenvalue weighted by molar-refractivity contribution is -0.455. The molecule has 2 heterocycles. The van der Waals surface area contributed by atoms with Crippen LogP contribution in [0.3, 0.4) is 0 Å². The number of aromatic amines is 1. The Kier molecular flexibility index (Phi) is 19.2. The van der Waals surface area contributed by atoms with Crippen molar-refractivity contribution < 1.29 is 103 Å². The highest BCUT2D eigenvalue weighted by Gasteiger charge is 2.94. The fourth-order valence-electron chi connectivity index (χ4n) is 5.79. The fraction of sp³-hybridized carbons (Fsp3) is 0.771. The second-order valence-electron chi connectivity index (χ2n) is 14.0. The number of hydrogen-bond acceptors (Lipinski definition) is 9. The molecule has 0 aliphatic heterocycles. The molecule has 376 valence electrons. The minimum atomic E-state index is -8.70. The molecule has 2 aromatic rings. The SMILES string of the molecule is CCCCNC(=O)Nc1nc2c(cc(CC(=O)OCC(F)(F)C(F)(F)C(F)(F)C(F)(F)C(F)(F)C(F)(F)C(F)(F)C(F)(F)COCCC[Si](OCC)(OCC)OCC)n2CCC)c(=O)[nH]1. The normalized spacial score (nSPS) is 14.0. The number of esters is 1. The lowest BCUT2D eigenvalue weighted by Crippen LogP contribution is -2.75. The number of urea groups is 1. The van der Waals surface area contributed by atoms with Gasteiger partial charge in [0.05, 0.1) is 11.8 Å². The van der Waals surface area contributed by atoms with E-state index in [0.29, 0.717) is 12.8 Å². The summed E-state index contributed by atoms with van der Waals surface area (Å²) in [7, 11) is -3.55. The number of H-pyrrole nitrogens is 1. The average Bonchev–Trinajstić information content (AvgIpc) is 3.53. The minimum Gasteiger partial charge on any atom is -0.459 e. The molecule has 0 saturated heterocycles. The average molecular weight is 998 g/mol. The monoisotopic (exact) mass is 997 g/mol. The van der Waals surface area contributed by atoms with Gasteiger partial charge in [-0.05, 0) is 46.1 Å². The topological polar surface area (TPSA) is 155 Å². The van der Waals surface area contributed by atoms with Crippen LogP contribution >= 0.6 is 0 Å². The maximum absolute atomic E-state index is 14.6. The van der Waals surface area contributed by atoms with Crippen molar-refractivity contribution in [2.24, 2.45) is 0 Å². The first-order valence-corrected chi connectivity index (χ1v) is 21.6. The van der Waals surface area contributed by atoms with Crippen LogP contribution in [0.4, 0.5) is 81.0 Å². The van der Waals surface area contributed by atoms with E-state index in [0.717, 1.165) is 10.6 Å². The maximum atomic E-state index is 14.6. The highest BCUT2D eigenvalue weighted by atomic mass is 28.4. The molecule has 0 saturated carbocycles. The van der Waals surface area contributed by atoms with Gasteiger partial charge in [-0.2, -0.15) is 75.2 Å². The molecule has 2 aromatic heterocycles. The van der Waals surface area contributed by atoms with Gasteiger partial charge in [-0.3, -0.25) is 19.9 Å². The molecule has 0 spiro atoms. The van der Waals surface area contributed by atoms with E-state index in [9.17, 15) is 84.6 Å². The zero-order valence-corrected chi connectivity index (χ0v) is 36.2. The fourth-order valence-corrected chi connectivity index (χ4v) is 8.37. The Morgan fingerprint density at radius 2 is 1.20 bits per heavy atom. The Bertz CT molecular complexity index is 1940. The smallest absolute Gasteiger partial charge is 0.459 e. The van der Waals surface area contributed by atoms with E-state index < -0.39 is 112 Å². The molecule has 3 N–H and O–H groups in total. The molecular formula is C35H47F16N5O8Si. The van der Waals surface area contributed by atoms with Gasteiger partial charge in [0.25, 0.3) is 5.56 Å². The number of nitrogens with zero attached hydrogens (tertiary/aromatic N) is 2. The molecule has 0 atom stereocenters. The maximum Gasteiger partial charge on any atom is 0.501 e. The summed E-state index contributed by atoms with van der Waals surface area (Å²) in [5, 5.41) is 4.34. The molecular weight excluding hydrogens is 950 g/mol. The van der Waals surface area contributed by atoms with Crippen LogP contribution in [0.15, 0.2) is 10.9 Å². The number of nitrogens with one attached hydrogen (secondary N) is 3. The summed E-state index contributed by atoms with van der Waals surface area (Å²) in [6.07, 6.45) is -0.323. The number of ether oxygens (including phenoxy) is 2. The third kappa shape index (κ3) is 11.8. The van der Waals surface area contributed by atoms with Crippen LogP contribution in [-0.4, -0.2) is 129 Å². The summed E-state index contributed by atoms with van der Waals surface area (Å²) in [5.74, 6) is -66.2. The van der Waals surface area contributed by atoms with Crippen LogP contribution in [-0.2, 0) is 40.5 Å². The summed E-state index contributed by atoms with van der Waals surface area (Å²) in [4.78, 5) is 43.5. The highest BCUT2D eigenvalue weighted by molar-refractivity contribution is 6.60. The number of carbonyl (C=O) groups is 2. The first kappa shape index (κ1) is 57.2. The van der Waals surface area contributed by atoms with Crippen molar-refractivity contribution in [2.75, 3.05) is 51.5 Å². The number of aryl methyl sites for hydroxylation is 1. The lowest BCUT2D eigenvalue weighted by Gasteiger charge is -2.43. The molecule has 0 aliphatic rings. The Balaban J connectivity index is 2.31. The molecule has 0 unspecified atom stereocenters. The van der Waals surface area contributed by atoms with E-state index in [4.69, 9.17) is 13.3 Å². The third-order valence-electron chi connectivity index (χ3n) is 9.12. The predicted octanol–water partition coefficient (Wildman–Crippen LogP) is 8.68. The van der Waals surface area contributed by atoms with Crippen molar-refractivity contribution in [3.8, 4) is 0 Å². The zero-order valence-electron chi connectivity index (χ0n) is 35.2. The van der Waals surface area contributed by atoms with Gasteiger partial charge in [0.1, 0.15) is 12.3 Å². The second kappa shape index (κ2) is 21.8. The number of hydrogen-bond donors (Lipinski definition) is 3. The largest absolute Gasteiger partial charge is 0.501 e. The Hall–Kier alpha value is -3.90. The standard InChI is InChI=1S/C35H47F16N5O8Si/c1-6-11-13-52-27(59)55-26-53-24-22(25(58)54-26)17-21(56(24)14-7-2)18-23(57)61-20-29(38,39)31(42,43)33(46,47)35(50,51)34(48,49)32(44,45)30(40,41)28(36,37)19-60-15-12-16-65(62-8-3,63-9-4)64-10-5/h17H,6-16,18-20H2,1-5H3,(H3,52,53,54,55,58,59). The number of fused-ring (bicyclic) bond motifs is 1. The first-order chi connectivity index (χ1) is 29.8. The molecule has 0 aliphatic carbocycles. The Morgan fingerprint density at radius 3 is 1.68 bits per heavy atom. The molecule has 0 bridgehead atoms. The quantitative estimate of drug-likeness (QED) is 0.0314. The number of carbonyl (C=O) groups excluding carboxylic acids is 2. The predicted molar refractivity (Wildman–Crippen MR) is 198 cm³/mol. The van der Waals surface area contributed by atoms with Gasteiger partial charge >= 0.3 is 68.2 Å². The molecule has 65 heavy (non-hydrogen) atoms. The van der Waals surface area contributed by atoms with Crippen molar-refractivity contribution in [1.82, 2.24) is 19.9 Å². The van der Waals surface area contributed by atoms with Crippen molar-refractivity contribution >= 4 is 37.8 Å². The van der Waals surface area contributed by atoms with Gasteiger partial charge in [0.2, 0.25) is 5.95 Å². The summed E-state index contributed by atoms with van der Waals surface area (Å²) in [6, 6.07) is -0.212. The highest BCUT2D eigenvalue weighted by Crippen LogP contribution is 2.63. The number of unbranched alkanes of at least 4 members (excludes halogenated alkanes) is 1. The van der Waals surface area contributed by atoms with E-state index in [1.54, 1.807) is 0 Å². The molecule has 0 radical (unpaired) electrons. The van der Waals surface area contributed by atoms with E-state index in [2.05, 4.69) is 30.1 Å². The van der Waals surface area contributed by atoms with Crippen LogP contribution in [0.2, 0.25) is 6.04 Å². The van der Waals surface area contributed by atoms with Crippen LogP contribution in [0.5, 0.6) is 0 Å². The van der Waals surface area contributed by atoms with Gasteiger partial charge < -0.3 is 32.6 Å². The van der Waals surface area contributed by atoms with Crippen LogP contribution < -0.4 is 16.2 Å². The van der Waals surface area contributed by atoms with Crippen LogP contribution in [0, 0.1) is 0 Å². The molecule has 2 amide bonds. The summed E-state index contributed by atoms with van der Waals surface area (Å²) in [6.45, 7) is 0.440. The number of halogens is 16. The summed E-state index contributed by atoms with van der Waals surface area (Å²) >= 11 is 0. The molecule has 2 rings (SSSR count). The number of anilines is 1. The van der Waals surface area contributed by atoms with E-state index in [-0.39, 0.29) is 62.1 Å². The second-order valence-corrected chi connectivity index (χ2v) is 16.7. The van der Waals surface area contributed by atoms with Crippen molar-refractivity contribution in [2.45, 2.75) is 127 Å². The van der Waals surface area contributed by atoms with Crippen LogP contribution in [0.1, 0.15) is 66.0 Å². The Morgan fingerprint density at radius 1 is 0.708 bits per heavy atom. The molecule has 0 aromatic carbocycles. The van der Waals surface area contributed by atoms with E-state index in [1.807, 2.05) is 6.92 Å². The van der Waals surface area contributed by atoms with Gasteiger partial charge in [0.15, 0.2) is 6.61 Å². The molecule has 13 nitrogen and oxygen atoms in total. The van der Waals surface area contributed by atoms with Crippen molar-refractivity contribution in [3.63, 3.8) is 0 Å². The van der Waals surface area contributed by atoms with E-state index >= 15 is 0 Å². The number of alkyl halides is 16. The minimum absolute atomic E-state index is 0.0127. The van der Waals surface area contributed by atoms with Crippen LogP contribution in [0.25, 0.3) is 11.0 Å². The van der Waals surface area contributed by atoms with Gasteiger partial charge in [-0.15, -0.1) is 0 Å². The van der Waals surface area contributed by atoms with Crippen molar-refractivity contribution in [1.29, 1.82) is 0 Å². The number of amides is 2. The zero-order chi connectivity index (χ0) is 50.1. The van der Waals surface area contributed by atoms with Crippen molar-refractivity contribution in [3.05, 3.63) is 22.1 Å². The number of rotatable bonds is 29. The van der Waals surface area contributed by atoms with E-state index in [1.165, 1.54) is 27.7 Å². The molecule has 0 fully saturated rings. The Labute approximate surface area is 360 Å². The third-order valence-corrected chi connectivity index (χ3v) is 12.3. The summed E-state index contributed by atoms with van der Waals surface area (Å²) < 4.78 is 258. The first-order valence-electron chi connectivity index (χ1n) is 19.6. The van der Waals surface area contributed by atoms with Gasteiger partial charge in [-0.1, -0.05) is 20.3 Å². The number of aromatic nitrogens is 3. The molecule has 30 heteroatoms.